The number of hydrogen-bond donors (Lipinski definition) is 4. The maximum atomic E-state index is 11.2. The van der Waals surface area contributed by atoms with E-state index in [9.17, 15) is 9.90 Å². The number of phenolic OH excluding ortho intramolecular Hbond substituents is 1. The maximum Gasteiger partial charge on any atom is 0.216 e. The Morgan fingerprint density at radius 3 is 2.73 bits per heavy atom. The number of aromatic hydroxyl groups is 1. The molecular weight excluding hydrogens is 380 g/mol. The minimum Gasteiger partial charge on any atom is -0.508 e. The normalized spacial score (nSPS) is 11.1. The second kappa shape index (κ2) is 8.41. The zero-order valence-electron chi connectivity index (χ0n) is 17.2. The second-order valence-corrected chi connectivity index (χ2v) is 7.34. The van der Waals surface area contributed by atoms with Gasteiger partial charge in [0.05, 0.1) is 12.6 Å². The molecule has 0 saturated carbocycles. The number of methoxy groups -OCH3 is 1. The first kappa shape index (κ1) is 19.7. The Morgan fingerprint density at radius 1 is 1.10 bits per heavy atom. The predicted molar refractivity (Wildman–Crippen MR) is 119 cm³/mol. The summed E-state index contributed by atoms with van der Waals surface area (Å²) in [5, 5.41) is 14.8. The van der Waals surface area contributed by atoms with Gasteiger partial charge in [-0.1, -0.05) is 0 Å². The third kappa shape index (κ3) is 4.05. The number of phenols is 1. The van der Waals surface area contributed by atoms with Crippen molar-refractivity contribution in [2.45, 2.75) is 19.8 Å². The smallest absolute Gasteiger partial charge is 0.216 e. The molecule has 0 atom stereocenters. The third-order valence-electron chi connectivity index (χ3n) is 5.29. The quantitative estimate of drug-likeness (QED) is 0.361. The fourth-order valence-corrected chi connectivity index (χ4v) is 3.79. The molecule has 0 bridgehead atoms. The molecule has 4 N–H and O–H groups in total. The number of carbonyl (C=O) groups is 1. The van der Waals surface area contributed by atoms with Gasteiger partial charge in [-0.2, -0.15) is 0 Å². The molecule has 0 spiro atoms. The summed E-state index contributed by atoms with van der Waals surface area (Å²) in [6.45, 7) is 2.84. The molecule has 4 rings (SSSR count). The lowest BCUT2D eigenvalue weighted by Crippen LogP contribution is -2.22. The number of nitrogens with one attached hydrogen (secondary N) is 3. The molecule has 4 aromatic rings. The van der Waals surface area contributed by atoms with Crippen molar-refractivity contribution in [1.82, 2.24) is 15.0 Å². The first-order valence-corrected chi connectivity index (χ1v) is 10.0. The van der Waals surface area contributed by atoms with Gasteiger partial charge < -0.3 is 25.6 Å². The SMILES string of the molecule is COc1ccc2c(c1)c(CCNC(C)=O)cn2NCCc1c[nH]c2ccc(O)cc12. The number of amides is 1. The number of hydrogen-bond acceptors (Lipinski definition) is 4. The molecule has 0 aliphatic heterocycles. The Bertz CT molecular complexity index is 1190. The van der Waals surface area contributed by atoms with Crippen molar-refractivity contribution >= 4 is 27.7 Å². The van der Waals surface area contributed by atoms with E-state index in [1.807, 2.05) is 35.1 Å². The zero-order valence-corrected chi connectivity index (χ0v) is 17.2. The predicted octanol–water partition coefficient (Wildman–Crippen LogP) is 3.30. The standard InChI is InChI=1S/C23H26N4O3/c1-15(28)24-9-7-17-14-27(23-6-4-19(30-2)12-21(17)23)26-10-8-16-13-25-22-5-3-18(29)11-20(16)22/h3-6,11-14,25-26,29H,7-10H2,1-2H3,(H,24,28). The van der Waals surface area contributed by atoms with E-state index in [1.165, 1.54) is 6.92 Å². The van der Waals surface area contributed by atoms with Crippen LogP contribution in [-0.2, 0) is 17.6 Å². The Morgan fingerprint density at radius 2 is 1.93 bits per heavy atom. The van der Waals surface area contributed by atoms with Crippen LogP contribution in [0, 0.1) is 0 Å². The molecule has 0 aliphatic carbocycles. The van der Waals surface area contributed by atoms with Crippen LogP contribution in [0.2, 0.25) is 0 Å². The molecule has 156 valence electrons. The van der Waals surface area contributed by atoms with Crippen molar-refractivity contribution in [2.24, 2.45) is 0 Å². The van der Waals surface area contributed by atoms with Gasteiger partial charge in [-0.05, 0) is 60.4 Å². The van der Waals surface area contributed by atoms with Crippen molar-refractivity contribution in [1.29, 1.82) is 0 Å². The highest BCUT2D eigenvalue weighted by Gasteiger charge is 2.11. The van der Waals surface area contributed by atoms with Gasteiger partial charge >= 0.3 is 0 Å². The van der Waals surface area contributed by atoms with E-state index in [-0.39, 0.29) is 11.7 Å². The lowest BCUT2D eigenvalue weighted by molar-refractivity contribution is -0.118. The number of rotatable bonds is 8. The Balaban J connectivity index is 1.52. The number of aromatic nitrogens is 2. The molecule has 0 saturated heterocycles. The van der Waals surface area contributed by atoms with Crippen LogP contribution in [0.25, 0.3) is 21.8 Å². The highest BCUT2D eigenvalue weighted by Crippen LogP contribution is 2.26. The Hall–Kier alpha value is -3.61. The van der Waals surface area contributed by atoms with Gasteiger partial charge in [0.25, 0.3) is 0 Å². The van der Waals surface area contributed by atoms with E-state index in [2.05, 4.69) is 21.9 Å². The molecule has 0 unspecified atom stereocenters. The molecule has 0 fully saturated rings. The fraction of sp³-hybridized carbons (Fsp3) is 0.261. The highest BCUT2D eigenvalue weighted by molar-refractivity contribution is 5.86. The van der Waals surface area contributed by atoms with E-state index in [4.69, 9.17) is 4.74 Å². The molecule has 7 heteroatoms. The molecule has 1 amide bonds. The third-order valence-corrected chi connectivity index (χ3v) is 5.29. The maximum absolute atomic E-state index is 11.2. The number of aromatic amines is 1. The molecule has 0 radical (unpaired) electrons. The van der Waals surface area contributed by atoms with Crippen LogP contribution in [0.5, 0.6) is 11.5 Å². The zero-order chi connectivity index (χ0) is 21.1. The van der Waals surface area contributed by atoms with Crippen LogP contribution >= 0.6 is 0 Å². The van der Waals surface area contributed by atoms with Gasteiger partial charge in [-0.3, -0.25) is 9.47 Å². The van der Waals surface area contributed by atoms with Gasteiger partial charge in [-0.25, -0.2) is 0 Å². The van der Waals surface area contributed by atoms with Crippen molar-refractivity contribution in [3.63, 3.8) is 0 Å². The first-order chi connectivity index (χ1) is 14.5. The lowest BCUT2D eigenvalue weighted by atomic mass is 10.1. The largest absolute Gasteiger partial charge is 0.508 e. The number of ether oxygens (including phenoxy) is 1. The number of H-pyrrole nitrogens is 1. The molecule has 2 aromatic heterocycles. The lowest BCUT2D eigenvalue weighted by Gasteiger charge is -2.09. The Labute approximate surface area is 174 Å². The second-order valence-electron chi connectivity index (χ2n) is 7.34. The van der Waals surface area contributed by atoms with Gasteiger partial charge in [0, 0.05) is 48.7 Å². The fourth-order valence-electron chi connectivity index (χ4n) is 3.79. The number of nitrogens with zero attached hydrogens (tertiary/aromatic N) is 1. The summed E-state index contributed by atoms with van der Waals surface area (Å²) in [4.78, 5) is 14.5. The monoisotopic (exact) mass is 406 g/mol. The minimum atomic E-state index is -0.0285. The minimum absolute atomic E-state index is 0.0285. The number of benzene rings is 2. The van der Waals surface area contributed by atoms with E-state index in [1.54, 1.807) is 19.2 Å². The Kier molecular flexibility index (Phi) is 5.52. The molecule has 2 aromatic carbocycles. The van der Waals surface area contributed by atoms with E-state index < -0.39 is 0 Å². The summed E-state index contributed by atoms with van der Waals surface area (Å²) in [5.74, 6) is 1.05. The van der Waals surface area contributed by atoms with E-state index in [0.29, 0.717) is 6.54 Å². The highest BCUT2D eigenvalue weighted by atomic mass is 16.5. The summed E-state index contributed by atoms with van der Waals surface area (Å²) in [5.41, 5.74) is 7.84. The van der Waals surface area contributed by atoms with Crippen LogP contribution in [0.15, 0.2) is 48.8 Å². The average Bonchev–Trinajstić information content (AvgIpc) is 3.29. The van der Waals surface area contributed by atoms with Gasteiger partial charge in [-0.15, -0.1) is 0 Å². The molecule has 30 heavy (non-hydrogen) atoms. The van der Waals surface area contributed by atoms with Crippen LogP contribution in [0.1, 0.15) is 18.1 Å². The average molecular weight is 406 g/mol. The molecule has 2 heterocycles. The molecule has 0 aliphatic rings. The molecule has 7 nitrogen and oxygen atoms in total. The van der Waals surface area contributed by atoms with Gasteiger partial charge in [0.2, 0.25) is 5.91 Å². The summed E-state index contributed by atoms with van der Waals surface area (Å²) in [6, 6.07) is 11.4. The summed E-state index contributed by atoms with van der Waals surface area (Å²) < 4.78 is 7.42. The van der Waals surface area contributed by atoms with E-state index in [0.717, 1.165) is 58.1 Å². The molecular formula is C23H26N4O3. The summed E-state index contributed by atoms with van der Waals surface area (Å²) >= 11 is 0. The summed E-state index contributed by atoms with van der Waals surface area (Å²) in [7, 11) is 1.66. The van der Waals surface area contributed by atoms with Crippen molar-refractivity contribution in [2.75, 3.05) is 25.6 Å². The number of carbonyl (C=O) groups excluding carboxylic acids is 1. The van der Waals surface area contributed by atoms with Crippen LogP contribution < -0.4 is 15.5 Å². The van der Waals surface area contributed by atoms with E-state index >= 15 is 0 Å². The van der Waals surface area contributed by atoms with Crippen molar-refractivity contribution < 1.29 is 14.6 Å². The summed E-state index contributed by atoms with van der Waals surface area (Å²) in [6.07, 6.45) is 5.61. The van der Waals surface area contributed by atoms with Crippen molar-refractivity contribution in [3.8, 4) is 11.5 Å². The van der Waals surface area contributed by atoms with Crippen molar-refractivity contribution in [3.05, 3.63) is 59.9 Å². The van der Waals surface area contributed by atoms with Crippen LogP contribution in [0.4, 0.5) is 0 Å². The van der Waals surface area contributed by atoms with Gasteiger partial charge in [0.15, 0.2) is 0 Å². The first-order valence-electron chi connectivity index (χ1n) is 10.0. The topological polar surface area (TPSA) is 91.3 Å². The van der Waals surface area contributed by atoms with Crippen LogP contribution in [-0.4, -0.2) is 40.9 Å². The van der Waals surface area contributed by atoms with Gasteiger partial charge in [0.1, 0.15) is 11.5 Å². The van der Waals surface area contributed by atoms with Crippen LogP contribution in [0.3, 0.4) is 0 Å². The number of fused-ring (bicyclic) bond motifs is 2.